The van der Waals surface area contributed by atoms with Crippen molar-refractivity contribution in [3.05, 3.63) is 63.9 Å². The van der Waals surface area contributed by atoms with Crippen LogP contribution in [0.3, 0.4) is 0 Å². The van der Waals surface area contributed by atoms with E-state index in [-0.39, 0.29) is 12.5 Å². The number of anilines is 1. The Hall–Kier alpha value is -2.02. The second-order valence-corrected chi connectivity index (χ2v) is 7.01. The third-order valence-electron chi connectivity index (χ3n) is 3.66. The molecule has 7 heteroatoms. The summed E-state index contributed by atoms with van der Waals surface area (Å²) in [7, 11) is 1.87. The minimum Gasteiger partial charge on any atom is -0.310 e. The Labute approximate surface area is 159 Å². The van der Waals surface area contributed by atoms with Crippen molar-refractivity contribution in [2.45, 2.75) is 6.54 Å². The molecular formula is C18H16BrClN4O. The van der Waals surface area contributed by atoms with Gasteiger partial charge in [0.1, 0.15) is 5.82 Å². The number of nitrogens with zero attached hydrogens (tertiary/aromatic N) is 3. The second kappa shape index (κ2) is 7.91. The molecule has 128 valence electrons. The van der Waals surface area contributed by atoms with Gasteiger partial charge < -0.3 is 5.32 Å². The summed E-state index contributed by atoms with van der Waals surface area (Å²) in [5, 5.41) is 4.45. The molecule has 2 heterocycles. The number of rotatable bonds is 5. The Kier molecular flexibility index (Phi) is 5.63. The van der Waals surface area contributed by atoms with Gasteiger partial charge in [-0.1, -0.05) is 23.7 Å². The van der Waals surface area contributed by atoms with E-state index in [1.54, 1.807) is 18.5 Å². The first-order valence-electron chi connectivity index (χ1n) is 7.65. The number of pyridine rings is 2. The van der Waals surface area contributed by atoms with Gasteiger partial charge in [-0.05, 0) is 47.2 Å². The van der Waals surface area contributed by atoms with Crippen LogP contribution in [0.4, 0.5) is 5.82 Å². The molecule has 1 aromatic carbocycles. The van der Waals surface area contributed by atoms with Gasteiger partial charge in [-0.3, -0.25) is 14.7 Å². The second-order valence-electron chi connectivity index (χ2n) is 5.68. The molecule has 0 fully saturated rings. The van der Waals surface area contributed by atoms with E-state index < -0.39 is 0 Å². The first-order valence-corrected chi connectivity index (χ1v) is 8.82. The maximum absolute atomic E-state index is 12.2. The van der Waals surface area contributed by atoms with Crippen LogP contribution in [-0.4, -0.2) is 34.4 Å². The lowest BCUT2D eigenvalue weighted by Crippen LogP contribution is -2.30. The fraction of sp³-hybridized carbons (Fsp3) is 0.167. The lowest BCUT2D eigenvalue weighted by molar-refractivity contribution is -0.117. The standard InChI is InChI=1S/C18H16BrClN4O/c1-24(11-17(25)23-16-7-5-13(19)9-22-16)10-14-15(20)6-4-12-3-2-8-21-18(12)14/h2-9H,10-11H2,1H3,(H,22,23,25). The summed E-state index contributed by atoms with van der Waals surface area (Å²) >= 11 is 9.66. The van der Waals surface area contributed by atoms with Gasteiger partial charge in [0.05, 0.1) is 12.1 Å². The monoisotopic (exact) mass is 418 g/mol. The van der Waals surface area contributed by atoms with Gasteiger partial charge in [0.2, 0.25) is 5.91 Å². The van der Waals surface area contributed by atoms with Crippen molar-refractivity contribution in [1.29, 1.82) is 0 Å². The van der Waals surface area contributed by atoms with E-state index in [1.165, 1.54) is 0 Å². The van der Waals surface area contributed by atoms with Crippen molar-refractivity contribution >= 4 is 50.2 Å². The number of hydrogen-bond acceptors (Lipinski definition) is 4. The molecule has 0 radical (unpaired) electrons. The van der Waals surface area contributed by atoms with Gasteiger partial charge in [0.25, 0.3) is 0 Å². The summed E-state index contributed by atoms with van der Waals surface area (Å²) in [6, 6.07) is 11.3. The Balaban J connectivity index is 1.68. The van der Waals surface area contributed by atoms with E-state index in [4.69, 9.17) is 11.6 Å². The van der Waals surface area contributed by atoms with Gasteiger partial charge in [0.15, 0.2) is 0 Å². The first kappa shape index (κ1) is 17.8. The van der Waals surface area contributed by atoms with Crippen LogP contribution in [0, 0.1) is 0 Å². The fourth-order valence-electron chi connectivity index (χ4n) is 2.53. The lowest BCUT2D eigenvalue weighted by atomic mass is 10.1. The Morgan fingerprint density at radius 1 is 1.24 bits per heavy atom. The van der Waals surface area contributed by atoms with Crippen LogP contribution in [0.5, 0.6) is 0 Å². The summed E-state index contributed by atoms with van der Waals surface area (Å²) in [6.45, 7) is 0.742. The average Bonchev–Trinajstić information content (AvgIpc) is 2.59. The third-order valence-corrected chi connectivity index (χ3v) is 4.48. The van der Waals surface area contributed by atoms with Crippen molar-refractivity contribution in [2.24, 2.45) is 0 Å². The summed E-state index contributed by atoms with van der Waals surface area (Å²) < 4.78 is 0.862. The SMILES string of the molecule is CN(CC(=O)Nc1ccc(Br)cn1)Cc1c(Cl)ccc2cccnc12. The number of carbonyl (C=O) groups is 1. The third kappa shape index (κ3) is 4.54. The number of hydrogen-bond donors (Lipinski definition) is 1. The summed E-state index contributed by atoms with van der Waals surface area (Å²) in [5.41, 5.74) is 1.77. The molecule has 0 saturated carbocycles. The topological polar surface area (TPSA) is 58.1 Å². The number of carbonyl (C=O) groups excluding carboxylic acids is 1. The number of amides is 1. The molecule has 2 aromatic heterocycles. The maximum Gasteiger partial charge on any atom is 0.239 e. The van der Waals surface area contributed by atoms with E-state index >= 15 is 0 Å². The minimum atomic E-state index is -0.137. The molecule has 5 nitrogen and oxygen atoms in total. The molecule has 0 saturated heterocycles. The largest absolute Gasteiger partial charge is 0.310 e. The predicted octanol–water partition coefficient (Wildman–Crippen LogP) is 4.12. The highest BCUT2D eigenvalue weighted by atomic mass is 79.9. The molecule has 0 spiro atoms. The van der Waals surface area contributed by atoms with Crippen LogP contribution in [-0.2, 0) is 11.3 Å². The lowest BCUT2D eigenvalue weighted by Gasteiger charge is -2.18. The van der Waals surface area contributed by atoms with Crippen molar-refractivity contribution in [2.75, 3.05) is 18.9 Å². The van der Waals surface area contributed by atoms with E-state index in [9.17, 15) is 4.79 Å². The number of fused-ring (bicyclic) bond motifs is 1. The van der Waals surface area contributed by atoms with E-state index in [1.807, 2.05) is 42.3 Å². The molecule has 0 bridgehead atoms. The highest BCUT2D eigenvalue weighted by molar-refractivity contribution is 9.10. The molecule has 25 heavy (non-hydrogen) atoms. The Bertz CT molecular complexity index is 901. The number of likely N-dealkylation sites (N-methyl/N-ethyl adjacent to an activating group) is 1. The molecule has 0 aliphatic rings. The number of halogens is 2. The molecule has 3 aromatic rings. The van der Waals surface area contributed by atoms with Crippen LogP contribution >= 0.6 is 27.5 Å². The van der Waals surface area contributed by atoms with E-state index in [0.717, 1.165) is 20.9 Å². The minimum absolute atomic E-state index is 0.137. The molecule has 0 aliphatic carbocycles. The predicted molar refractivity (Wildman–Crippen MR) is 104 cm³/mol. The average molecular weight is 420 g/mol. The van der Waals surface area contributed by atoms with Crippen LogP contribution in [0.25, 0.3) is 10.9 Å². The van der Waals surface area contributed by atoms with Crippen LogP contribution in [0.1, 0.15) is 5.56 Å². The smallest absolute Gasteiger partial charge is 0.239 e. The maximum atomic E-state index is 12.2. The van der Waals surface area contributed by atoms with Gasteiger partial charge >= 0.3 is 0 Å². The zero-order chi connectivity index (χ0) is 17.8. The highest BCUT2D eigenvalue weighted by Gasteiger charge is 2.13. The normalized spacial score (nSPS) is 11.0. The Morgan fingerprint density at radius 3 is 2.84 bits per heavy atom. The molecular weight excluding hydrogens is 404 g/mol. The Morgan fingerprint density at radius 2 is 2.08 bits per heavy atom. The summed E-state index contributed by atoms with van der Waals surface area (Å²) in [5.74, 6) is 0.383. The van der Waals surface area contributed by atoms with Gasteiger partial charge in [0, 0.05) is 39.4 Å². The van der Waals surface area contributed by atoms with E-state index in [0.29, 0.717) is 17.4 Å². The van der Waals surface area contributed by atoms with Crippen LogP contribution in [0.2, 0.25) is 5.02 Å². The van der Waals surface area contributed by atoms with Crippen LogP contribution < -0.4 is 5.32 Å². The molecule has 3 rings (SSSR count). The molecule has 1 N–H and O–H groups in total. The van der Waals surface area contributed by atoms with E-state index in [2.05, 4.69) is 31.2 Å². The highest BCUT2D eigenvalue weighted by Crippen LogP contribution is 2.25. The molecule has 0 aliphatic heterocycles. The quantitative estimate of drug-likeness (QED) is 0.676. The van der Waals surface area contributed by atoms with Crippen molar-refractivity contribution < 1.29 is 4.79 Å². The van der Waals surface area contributed by atoms with Gasteiger partial charge in [-0.15, -0.1) is 0 Å². The molecule has 1 amide bonds. The first-order chi connectivity index (χ1) is 12.0. The number of aromatic nitrogens is 2. The van der Waals surface area contributed by atoms with Gasteiger partial charge in [-0.25, -0.2) is 4.98 Å². The summed E-state index contributed by atoms with van der Waals surface area (Å²) in [4.78, 5) is 22.6. The zero-order valence-electron chi connectivity index (χ0n) is 13.5. The van der Waals surface area contributed by atoms with Crippen molar-refractivity contribution in [1.82, 2.24) is 14.9 Å². The fourth-order valence-corrected chi connectivity index (χ4v) is 2.98. The van der Waals surface area contributed by atoms with Crippen molar-refractivity contribution in [3.8, 4) is 0 Å². The van der Waals surface area contributed by atoms with Gasteiger partial charge in [-0.2, -0.15) is 0 Å². The zero-order valence-corrected chi connectivity index (χ0v) is 15.9. The van der Waals surface area contributed by atoms with Crippen LogP contribution in [0.15, 0.2) is 53.3 Å². The number of nitrogens with one attached hydrogen (secondary N) is 1. The molecule has 0 atom stereocenters. The summed E-state index contributed by atoms with van der Waals surface area (Å²) in [6.07, 6.45) is 3.38. The van der Waals surface area contributed by atoms with Crippen molar-refractivity contribution in [3.63, 3.8) is 0 Å². The molecule has 0 unspecified atom stereocenters. The number of benzene rings is 1.